The summed E-state index contributed by atoms with van der Waals surface area (Å²) in [6.07, 6.45) is 3.44. The number of benzene rings is 1. The van der Waals surface area contributed by atoms with Crippen molar-refractivity contribution in [3.63, 3.8) is 0 Å². The molecule has 0 radical (unpaired) electrons. The molecule has 2 N–H and O–H groups in total. The van der Waals surface area contributed by atoms with E-state index < -0.39 is 0 Å². The van der Waals surface area contributed by atoms with Crippen LogP contribution in [0.3, 0.4) is 0 Å². The van der Waals surface area contributed by atoms with Crippen molar-refractivity contribution in [3.05, 3.63) is 34.6 Å². The second-order valence-corrected chi connectivity index (χ2v) is 4.19. The van der Waals surface area contributed by atoms with Crippen LogP contribution in [0.15, 0.2) is 18.2 Å². The fourth-order valence-corrected chi connectivity index (χ4v) is 1.87. The Bertz CT molecular complexity index is 294. The average molecular weight is 230 g/mol. The Hall–Kier alpha value is -0.600. The molecule has 0 bridgehead atoms. The van der Waals surface area contributed by atoms with Crippen LogP contribution in [0.1, 0.15) is 31.7 Å². The van der Waals surface area contributed by atoms with Crippen molar-refractivity contribution in [1.82, 2.24) is 0 Å². The SMILES string of the molecule is CCCC(N)CCc1c(F)cccc1Cl. The Labute approximate surface area is 95.4 Å². The second kappa shape index (κ2) is 6.09. The standard InChI is InChI=1S/C12H17ClFN/c1-2-4-9(15)7-8-10-11(13)5-3-6-12(10)14/h3,5-6,9H,2,4,7-8,15H2,1H3. The predicted octanol–water partition coefficient (Wildman–Crippen LogP) is 3.54. The van der Waals surface area contributed by atoms with Gasteiger partial charge >= 0.3 is 0 Å². The lowest BCUT2D eigenvalue weighted by molar-refractivity contribution is 0.545. The first kappa shape index (κ1) is 12.5. The topological polar surface area (TPSA) is 26.0 Å². The van der Waals surface area contributed by atoms with Gasteiger partial charge in [0, 0.05) is 16.6 Å². The van der Waals surface area contributed by atoms with Crippen molar-refractivity contribution < 1.29 is 4.39 Å². The molecule has 0 amide bonds. The summed E-state index contributed by atoms with van der Waals surface area (Å²) in [7, 11) is 0. The van der Waals surface area contributed by atoms with Crippen LogP contribution < -0.4 is 5.73 Å². The number of halogens is 2. The summed E-state index contributed by atoms with van der Waals surface area (Å²) in [5, 5.41) is 0.499. The molecule has 1 unspecified atom stereocenters. The van der Waals surface area contributed by atoms with Gasteiger partial charge in [0.25, 0.3) is 0 Å². The summed E-state index contributed by atoms with van der Waals surface area (Å²) in [5.41, 5.74) is 6.46. The first-order chi connectivity index (χ1) is 7.15. The lowest BCUT2D eigenvalue weighted by atomic mass is 10.0. The highest BCUT2D eigenvalue weighted by Crippen LogP contribution is 2.21. The van der Waals surface area contributed by atoms with Gasteiger partial charge in [-0.3, -0.25) is 0 Å². The molecule has 0 aliphatic carbocycles. The average Bonchev–Trinajstić information content (AvgIpc) is 2.17. The van der Waals surface area contributed by atoms with E-state index in [2.05, 4.69) is 6.92 Å². The Morgan fingerprint density at radius 1 is 1.40 bits per heavy atom. The van der Waals surface area contributed by atoms with Crippen molar-refractivity contribution in [2.24, 2.45) is 5.73 Å². The van der Waals surface area contributed by atoms with Gasteiger partial charge < -0.3 is 5.73 Å². The van der Waals surface area contributed by atoms with Crippen molar-refractivity contribution in [2.45, 2.75) is 38.6 Å². The molecule has 1 atom stereocenters. The van der Waals surface area contributed by atoms with E-state index in [-0.39, 0.29) is 11.9 Å². The summed E-state index contributed by atoms with van der Waals surface area (Å²) in [6.45, 7) is 2.09. The summed E-state index contributed by atoms with van der Waals surface area (Å²) < 4.78 is 13.4. The van der Waals surface area contributed by atoms with Crippen LogP contribution >= 0.6 is 11.6 Å². The summed E-state index contributed by atoms with van der Waals surface area (Å²) >= 11 is 5.91. The van der Waals surface area contributed by atoms with Crippen molar-refractivity contribution in [2.75, 3.05) is 0 Å². The van der Waals surface area contributed by atoms with Crippen LogP contribution in [0.4, 0.5) is 4.39 Å². The van der Waals surface area contributed by atoms with E-state index >= 15 is 0 Å². The van der Waals surface area contributed by atoms with Gasteiger partial charge in [0.15, 0.2) is 0 Å². The molecule has 0 saturated carbocycles. The van der Waals surface area contributed by atoms with E-state index in [4.69, 9.17) is 17.3 Å². The minimum Gasteiger partial charge on any atom is -0.328 e. The van der Waals surface area contributed by atoms with Gasteiger partial charge in [-0.05, 0) is 31.4 Å². The van der Waals surface area contributed by atoms with Crippen LogP contribution in [0.25, 0.3) is 0 Å². The largest absolute Gasteiger partial charge is 0.328 e. The number of hydrogen-bond donors (Lipinski definition) is 1. The predicted molar refractivity (Wildman–Crippen MR) is 62.6 cm³/mol. The second-order valence-electron chi connectivity index (χ2n) is 3.79. The Kier molecular flexibility index (Phi) is 5.06. The zero-order chi connectivity index (χ0) is 11.3. The molecule has 3 heteroatoms. The van der Waals surface area contributed by atoms with Crippen LogP contribution in [-0.2, 0) is 6.42 Å². The quantitative estimate of drug-likeness (QED) is 0.821. The summed E-state index contributed by atoms with van der Waals surface area (Å²) in [5.74, 6) is -0.230. The van der Waals surface area contributed by atoms with E-state index in [9.17, 15) is 4.39 Å². The van der Waals surface area contributed by atoms with Gasteiger partial charge in [-0.1, -0.05) is 31.0 Å². The van der Waals surface area contributed by atoms with Gasteiger partial charge in [0.1, 0.15) is 5.82 Å². The fourth-order valence-electron chi connectivity index (χ4n) is 1.62. The van der Waals surface area contributed by atoms with Gasteiger partial charge in [-0.25, -0.2) is 4.39 Å². The molecule has 84 valence electrons. The molecule has 0 heterocycles. The Morgan fingerprint density at radius 3 is 2.73 bits per heavy atom. The zero-order valence-electron chi connectivity index (χ0n) is 8.97. The highest BCUT2D eigenvalue weighted by molar-refractivity contribution is 6.31. The van der Waals surface area contributed by atoms with Crippen LogP contribution in [0.5, 0.6) is 0 Å². The van der Waals surface area contributed by atoms with E-state index in [1.807, 2.05) is 0 Å². The van der Waals surface area contributed by atoms with E-state index in [1.54, 1.807) is 12.1 Å². The van der Waals surface area contributed by atoms with Crippen molar-refractivity contribution >= 4 is 11.6 Å². The van der Waals surface area contributed by atoms with Crippen LogP contribution in [0.2, 0.25) is 5.02 Å². The minimum absolute atomic E-state index is 0.144. The maximum absolute atomic E-state index is 13.4. The molecule has 1 rings (SSSR count). The maximum Gasteiger partial charge on any atom is 0.127 e. The van der Waals surface area contributed by atoms with Crippen molar-refractivity contribution in [1.29, 1.82) is 0 Å². The highest BCUT2D eigenvalue weighted by Gasteiger charge is 2.08. The van der Waals surface area contributed by atoms with E-state index in [0.29, 0.717) is 17.0 Å². The number of nitrogens with two attached hydrogens (primary N) is 1. The number of rotatable bonds is 5. The molecule has 0 aliphatic rings. The van der Waals surface area contributed by atoms with E-state index in [1.165, 1.54) is 6.07 Å². The molecule has 1 aromatic carbocycles. The summed E-state index contributed by atoms with van der Waals surface area (Å²) in [6, 6.07) is 4.91. The van der Waals surface area contributed by atoms with Crippen molar-refractivity contribution in [3.8, 4) is 0 Å². The molecule has 1 nitrogen and oxygen atoms in total. The first-order valence-corrected chi connectivity index (χ1v) is 5.71. The van der Waals surface area contributed by atoms with Gasteiger partial charge in [-0.15, -0.1) is 0 Å². The molecule has 0 aromatic heterocycles. The third kappa shape index (κ3) is 3.80. The lowest BCUT2D eigenvalue weighted by Gasteiger charge is -2.11. The van der Waals surface area contributed by atoms with Crippen LogP contribution in [0, 0.1) is 5.82 Å². The third-order valence-electron chi connectivity index (χ3n) is 2.49. The summed E-state index contributed by atoms with van der Waals surface area (Å²) in [4.78, 5) is 0. The fraction of sp³-hybridized carbons (Fsp3) is 0.500. The third-order valence-corrected chi connectivity index (χ3v) is 2.84. The highest BCUT2D eigenvalue weighted by atomic mass is 35.5. The number of hydrogen-bond acceptors (Lipinski definition) is 1. The Morgan fingerprint density at radius 2 is 2.13 bits per heavy atom. The normalized spacial score (nSPS) is 12.8. The molecule has 0 aliphatic heterocycles. The molecule has 1 aromatic rings. The molecule has 15 heavy (non-hydrogen) atoms. The minimum atomic E-state index is -0.230. The first-order valence-electron chi connectivity index (χ1n) is 5.33. The maximum atomic E-state index is 13.4. The van der Waals surface area contributed by atoms with Gasteiger partial charge in [-0.2, -0.15) is 0 Å². The molecule has 0 spiro atoms. The smallest absolute Gasteiger partial charge is 0.127 e. The van der Waals surface area contributed by atoms with E-state index in [0.717, 1.165) is 19.3 Å². The lowest BCUT2D eigenvalue weighted by Crippen LogP contribution is -2.20. The van der Waals surface area contributed by atoms with Gasteiger partial charge in [0.05, 0.1) is 0 Å². The zero-order valence-corrected chi connectivity index (χ0v) is 9.73. The monoisotopic (exact) mass is 229 g/mol. The molecular weight excluding hydrogens is 213 g/mol. The molecule has 0 fully saturated rings. The molecule has 0 saturated heterocycles. The van der Waals surface area contributed by atoms with Gasteiger partial charge in [0.2, 0.25) is 0 Å². The molecular formula is C12H17ClFN. The Balaban J connectivity index is 2.57. The van der Waals surface area contributed by atoms with Crippen LogP contribution in [-0.4, -0.2) is 6.04 Å².